The van der Waals surface area contributed by atoms with Gasteiger partial charge in [0.2, 0.25) is 0 Å². The number of hydrogen-bond acceptors (Lipinski definition) is 2. The van der Waals surface area contributed by atoms with Gasteiger partial charge in [0.05, 0.1) is 0 Å². The Morgan fingerprint density at radius 1 is 1.33 bits per heavy atom. The molecule has 0 heterocycles. The zero-order chi connectivity index (χ0) is 3.58. The molecule has 0 aromatic rings. The van der Waals surface area contributed by atoms with Crippen LogP contribution in [0.1, 0.15) is 0 Å². The van der Waals surface area contributed by atoms with Crippen molar-refractivity contribution >= 4 is 40.3 Å². The van der Waals surface area contributed by atoms with E-state index in [0.29, 0.717) is 0 Å². The van der Waals surface area contributed by atoms with E-state index in [0.717, 1.165) is 0 Å². The van der Waals surface area contributed by atoms with Crippen molar-refractivity contribution in [2.45, 2.75) is 0 Å². The lowest BCUT2D eigenvalue weighted by Gasteiger charge is -1.48. The summed E-state index contributed by atoms with van der Waals surface area (Å²) in [6, 6.07) is 0. The molecule has 40 valence electrons. The number of carbonyl (C=O) groups is 1. The number of halogens is 3. The van der Waals surface area contributed by atoms with Crippen LogP contribution in [-0.2, 0) is 0 Å². The van der Waals surface area contributed by atoms with Gasteiger partial charge < -0.3 is 6.15 Å². The van der Waals surface area contributed by atoms with E-state index in [1.807, 2.05) is 0 Å². The second kappa shape index (κ2) is 9.09. The predicted octanol–water partition coefficient (Wildman–Crippen LogP) is 2.17. The van der Waals surface area contributed by atoms with Gasteiger partial charge in [0, 0.05) is 0 Å². The molecule has 0 aliphatic heterocycles. The van der Waals surface area contributed by atoms with E-state index in [9.17, 15) is 0 Å². The van der Waals surface area contributed by atoms with E-state index < -0.39 is 4.70 Å². The molecule has 3 N–H and O–H groups in total. The molecule has 0 bridgehead atoms. The molecule has 6 heavy (non-hydrogen) atoms. The lowest BCUT2D eigenvalue weighted by Crippen LogP contribution is -1.46. The molecule has 0 aromatic heterocycles. The van der Waals surface area contributed by atoms with Crippen molar-refractivity contribution in [1.82, 2.24) is 6.15 Å². The maximum atomic E-state index is 8.98. The van der Waals surface area contributed by atoms with E-state index in [4.69, 9.17) is 4.79 Å². The van der Waals surface area contributed by atoms with Crippen LogP contribution >= 0.6 is 35.6 Å². The maximum absolute atomic E-state index is 8.98. The molecule has 0 saturated heterocycles. The highest BCUT2D eigenvalue weighted by Crippen LogP contribution is 1.84. The highest BCUT2D eigenvalue weighted by atomic mass is 35.5. The van der Waals surface area contributed by atoms with Gasteiger partial charge >= 0.3 is 4.70 Å². The van der Waals surface area contributed by atoms with E-state index in [-0.39, 0.29) is 18.6 Å². The van der Waals surface area contributed by atoms with E-state index in [2.05, 4.69) is 23.2 Å². The Kier molecular flexibility index (Phi) is 24.3. The molecule has 0 amide bonds. The van der Waals surface area contributed by atoms with Crippen LogP contribution in [0.5, 0.6) is 0 Å². The zero-order valence-electron chi connectivity index (χ0n) is 2.78. The summed E-state index contributed by atoms with van der Waals surface area (Å²) in [6.45, 7) is 0. The van der Waals surface area contributed by atoms with E-state index in [1.165, 1.54) is 0 Å². The Labute approximate surface area is 51.8 Å². The first-order valence-corrected chi connectivity index (χ1v) is 1.34. The van der Waals surface area contributed by atoms with Crippen molar-refractivity contribution in [2.75, 3.05) is 0 Å². The first kappa shape index (κ1) is 16.1. The van der Waals surface area contributed by atoms with E-state index in [1.54, 1.807) is 0 Å². The van der Waals surface area contributed by atoms with Gasteiger partial charge in [-0.1, -0.05) is 0 Å². The van der Waals surface area contributed by atoms with Crippen molar-refractivity contribution in [3.63, 3.8) is 0 Å². The Morgan fingerprint density at radius 3 is 1.33 bits per heavy atom. The molecule has 0 aromatic carbocycles. The van der Waals surface area contributed by atoms with E-state index >= 15 is 0 Å². The van der Waals surface area contributed by atoms with Gasteiger partial charge in [-0.15, -0.1) is 12.4 Å². The Balaban J connectivity index is -0.0000000450. The molecule has 0 atom stereocenters. The number of hydrogen-bond donors (Lipinski definition) is 1. The topological polar surface area (TPSA) is 52.1 Å². The minimum atomic E-state index is -0.889. The van der Waals surface area contributed by atoms with Gasteiger partial charge in [0.15, 0.2) is 0 Å². The fraction of sp³-hybridized carbons (Fsp3) is 0. The van der Waals surface area contributed by atoms with Crippen LogP contribution in [0.15, 0.2) is 0 Å². The standard InChI is InChI=1S/CCl2O.ClH.H3N/c2-1(3)4;;/h;1H;1H3. The molecule has 0 spiro atoms. The third-order valence-corrected chi connectivity index (χ3v) is 0. The summed E-state index contributed by atoms with van der Waals surface area (Å²) in [5, 5.41) is 0. The summed E-state index contributed by atoms with van der Waals surface area (Å²) >= 11 is 8.80. The predicted molar refractivity (Wildman–Crippen MR) is 29.4 cm³/mol. The lowest BCUT2D eigenvalue weighted by atomic mass is 11.8. The van der Waals surface area contributed by atoms with Crippen molar-refractivity contribution in [3.8, 4) is 0 Å². The molecular weight excluding hydrogens is 148 g/mol. The van der Waals surface area contributed by atoms with Crippen LogP contribution in [0.25, 0.3) is 0 Å². The van der Waals surface area contributed by atoms with Crippen LogP contribution in [0.2, 0.25) is 0 Å². The van der Waals surface area contributed by atoms with Crippen molar-refractivity contribution in [1.29, 1.82) is 0 Å². The third-order valence-electron chi connectivity index (χ3n) is 0. The molecule has 0 saturated carbocycles. The summed E-state index contributed by atoms with van der Waals surface area (Å²) in [4.78, 5) is 8.98. The summed E-state index contributed by atoms with van der Waals surface area (Å²) < 4.78 is -0.889. The SMILES string of the molecule is Cl.N.O=C(Cl)Cl. The Hall–Kier alpha value is 0.500. The molecule has 0 aliphatic carbocycles. The molecule has 0 rings (SSSR count). The lowest BCUT2D eigenvalue weighted by molar-refractivity contribution is 0.275. The van der Waals surface area contributed by atoms with Crippen LogP contribution in [-0.4, -0.2) is 4.70 Å². The molecule has 0 radical (unpaired) electrons. The molecule has 0 unspecified atom stereocenters. The van der Waals surface area contributed by atoms with Crippen molar-refractivity contribution in [3.05, 3.63) is 0 Å². The summed E-state index contributed by atoms with van der Waals surface area (Å²) in [6.07, 6.45) is 0. The third kappa shape index (κ3) is 221. The molecule has 0 aliphatic rings. The fourth-order valence-electron chi connectivity index (χ4n) is 0. The minimum Gasteiger partial charge on any atom is -0.344 e. The van der Waals surface area contributed by atoms with Crippen molar-refractivity contribution in [2.24, 2.45) is 0 Å². The minimum absolute atomic E-state index is 0. The molecule has 0 fully saturated rings. The van der Waals surface area contributed by atoms with Crippen LogP contribution in [0.3, 0.4) is 0 Å². The monoisotopic (exact) mass is 151 g/mol. The fourth-order valence-corrected chi connectivity index (χ4v) is 0. The quantitative estimate of drug-likeness (QED) is 0.541. The van der Waals surface area contributed by atoms with Gasteiger partial charge in [-0.25, -0.2) is 0 Å². The van der Waals surface area contributed by atoms with Crippen LogP contribution in [0.4, 0.5) is 4.79 Å². The van der Waals surface area contributed by atoms with Gasteiger partial charge in [0.1, 0.15) is 0 Å². The largest absolute Gasteiger partial charge is 0.344 e. The number of rotatable bonds is 0. The summed E-state index contributed by atoms with van der Waals surface area (Å²) in [5.41, 5.74) is 0. The highest BCUT2D eigenvalue weighted by molar-refractivity contribution is 6.93. The van der Waals surface area contributed by atoms with Gasteiger partial charge in [-0.05, 0) is 23.2 Å². The first-order chi connectivity index (χ1) is 1.73. The normalized spacial score (nSPS) is 4.33. The maximum Gasteiger partial charge on any atom is 0.313 e. The van der Waals surface area contributed by atoms with Crippen LogP contribution in [0, 0.1) is 0 Å². The van der Waals surface area contributed by atoms with Crippen molar-refractivity contribution < 1.29 is 4.79 Å². The second-order valence-corrected chi connectivity index (χ2v) is 1.11. The first-order valence-electron chi connectivity index (χ1n) is 0.582. The number of carbonyl (C=O) groups excluding carboxylic acids is 1. The second-order valence-electron chi connectivity index (χ2n) is 0.226. The molecular formula is CH4Cl3NO. The summed E-state index contributed by atoms with van der Waals surface area (Å²) in [5.74, 6) is 0. The van der Waals surface area contributed by atoms with Gasteiger partial charge in [-0.3, -0.25) is 4.79 Å². The average molecular weight is 152 g/mol. The van der Waals surface area contributed by atoms with Crippen LogP contribution < -0.4 is 6.15 Å². The Bertz CT molecular complexity index is 33.8. The smallest absolute Gasteiger partial charge is 0.313 e. The van der Waals surface area contributed by atoms with Gasteiger partial charge in [0.25, 0.3) is 0 Å². The zero-order valence-corrected chi connectivity index (χ0v) is 5.11. The molecule has 2 nitrogen and oxygen atoms in total. The highest BCUT2D eigenvalue weighted by Gasteiger charge is 1.72. The average Bonchev–Trinajstić information content (AvgIpc) is 0.811. The summed E-state index contributed by atoms with van der Waals surface area (Å²) in [7, 11) is 0. The Morgan fingerprint density at radius 2 is 1.33 bits per heavy atom. The molecule has 5 heteroatoms. The van der Waals surface area contributed by atoms with Gasteiger partial charge in [-0.2, -0.15) is 0 Å².